The van der Waals surface area contributed by atoms with Crippen LogP contribution in [0.4, 0.5) is 5.69 Å². The molecule has 112 valence electrons. The highest BCUT2D eigenvalue weighted by atomic mass is 35.5. The third-order valence-corrected chi connectivity index (χ3v) is 5.46. The first-order valence-electron chi connectivity index (χ1n) is 7.52. The lowest BCUT2D eigenvalue weighted by Gasteiger charge is -2.30. The van der Waals surface area contributed by atoms with Crippen LogP contribution in [-0.2, 0) is 13.0 Å². The predicted molar refractivity (Wildman–Crippen MR) is 92.6 cm³/mol. The van der Waals surface area contributed by atoms with E-state index in [4.69, 9.17) is 11.6 Å². The van der Waals surface area contributed by atoms with Crippen LogP contribution >= 0.6 is 22.9 Å². The molecule has 0 aliphatic carbocycles. The van der Waals surface area contributed by atoms with E-state index in [1.807, 2.05) is 11.3 Å². The Balaban J connectivity index is 1.80. The van der Waals surface area contributed by atoms with Crippen molar-refractivity contribution in [3.63, 3.8) is 0 Å². The summed E-state index contributed by atoms with van der Waals surface area (Å²) in [5.41, 5.74) is 3.85. The highest BCUT2D eigenvalue weighted by Crippen LogP contribution is 2.33. The van der Waals surface area contributed by atoms with Crippen LogP contribution in [0, 0.1) is 0 Å². The molecule has 0 saturated heterocycles. The van der Waals surface area contributed by atoms with Gasteiger partial charge < -0.3 is 10.2 Å². The lowest BCUT2D eigenvalue weighted by atomic mass is 10.1. The molecule has 2 nitrogen and oxygen atoms in total. The number of thiophene rings is 1. The highest BCUT2D eigenvalue weighted by Gasteiger charge is 2.19. The number of fused-ring (bicyclic) bond motifs is 1. The molecule has 1 aromatic heterocycles. The average Bonchev–Trinajstić information content (AvgIpc) is 2.94. The number of anilines is 1. The summed E-state index contributed by atoms with van der Waals surface area (Å²) in [6.07, 6.45) is 1.12. The van der Waals surface area contributed by atoms with Crippen LogP contribution in [0.15, 0.2) is 29.6 Å². The van der Waals surface area contributed by atoms with Crippen LogP contribution < -0.4 is 10.2 Å². The Morgan fingerprint density at radius 1 is 1.38 bits per heavy atom. The fraction of sp³-hybridized carbons (Fsp3) is 0.412. The van der Waals surface area contributed by atoms with Crippen molar-refractivity contribution in [1.29, 1.82) is 0 Å². The number of nitrogens with one attached hydrogen (secondary N) is 1. The number of benzene rings is 1. The molecule has 1 atom stereocenters. The summed E-state index contributed by atoms with van der Waals surface area (Å²) < 4.78 is 0. The first kappa shape index (κ1) is 14.9. The van der Waals surface area contributed by atoms with Crippen molar-refractivity contribution in [2.75, 3.05) is 18.0 Å². The van der Waals surface area contributed by atoms with Gasteiger partial charge in [-0.1, -0.05) is 24.6 Å². The normalized spacial score (nSPS) is 15.9. The monoisotopic (exact) mass is 320 g/mol. The number of hydrogen-bond donors (Lipinski definition) is 1. The Kier molecular flexibility index (Phi) is 4.53. The Labute approximate surface area is 135 Å². The van der Waals surface area contributed by atoms with Gasteiger partial charge in [0, 0.05) is 24.0 Å². The minimum absolute atomic E-state index is 0.339. The summed E-state index contributed by atoms with van der Waals surface area (Å²) in [4.78, 5) is 3.92. The molecule has 1 aliphatic rings. The fourth-order valence-corrected chi connectivity index (χ4v) is 4.13. The van der Waals surface area contributed by atoms with E-state index in [9.17, 15) is 0 Å². The quantitative estimate of drug-likeness (QED) is 0.883. The van der Waals surface area contributed by atoms with E-state index in [2.05, 4.69) is 53.7 Å². The largest absolute Gasteiger partial charge is 0.366 e. The van der Waals surface area contributed by atoms with Gasteiger partial charge in [-0.3, -0.25) is 0 Å². The van der Waals surface area contributed by atoms with Gasteiger partial charge in [-0.2, -0.15) is 0 Å². The maximum Gasteiger partial charge on any atom is 0.0643 e. The fourth-order valence-electron chi connectivity index (χ4n) is 2.93. The topological polar surface area (TPSA) is 15.3 Å². The molecule has 0 amide bonds. The first-order chi connectivity index (χ1) is 10.2. The Bertz CT molecular complexity index is 623. The van der Waals surface area contributed by atoms with E-state index >= 15 is 0 Å². The van der Waals surface area contributed by atoms with Crippen molar-refractivity contribution < 1.29 is 0 Å². The van der Waals surface area contributed by atoms with Gasteiger partial charge in [0.2, 0.25) is 0 Å². The zero-order valence-electron chi connectivity index (χ0n) is 12.5. The second-order valence-corrected chi connectivity index (χ2v) is 6.94. The van der Waals surface area contributed by atoms with Gasteiger partial charge in [0.25, 0.3) is 0 Å². The first-order valence-corrected chi connectivity index (χ1v) is 8.77. The second kappa shape index (κ2) is 6.39. The molecule has 2 heterocycles. The second-order valence-electron chi connectivity index (χ2n) is 5.53. The van der Waals surface area contributed by atoms with Gasteiger partial charge in [0.15, 0.2) is 0 Å². The molecule has 0 bridgehead atoms. The summed E-state index contributed by atoms with van der Waals surface area (Å²) in [5.74, 6) is 0. The zero-order chi connectivity index (χ0) is 14.8. The van der Waals surface area contributed by atoms with Crippen molar-refractivity contribution in [2.45, 2.75) is 32.9 Å². The maximum absolute atomic E-state index is 6.54. The molecule has 2 aromatic rings. The lowest BCUT2D eigenvalue weighted by molar-refractivity contribution is 0.598. The molecule has 1 unspecified atom stereocenters. The Morgan fingerprint density at radius 2 is 2.24 bits per heavy atom. The van der Waals surface area contributed by atoms with Crippen LogP contribution in [0.1, 0.15) is 35.9 Å². The number of rotatable bonds is 4. The van der Waals surface area contributed by atoms with Crippen molar-refractivity contribution in [3.05, 3.63) is 50.7 Å². The summed E-state index contributed by atoms with van der Waals surface area (Å²) in [7, 11) is 0. The lowest BCUT2D eigenvalue weighted by Crippen LogP contribution is -2.29. The van der Waals surface area contributed by atoms with Gasteiger partial charge in [0.05, 0.1) is 10.7 Å². The third-order valence-electron chi connectivity index (χ3n) is 4.13. The van der Waals surface area contributed by atoms with Gasteiger partial charge in [-0.25, -0.2) is 0 Å². The minimum atomic E-state index is 0.339. The molecular weight excluding hydrogens is 300 g/mol. The molecule has 3 rings (SSSR count). The van der Waals surface area contributed by atoms with E-state index in [0.717, 1.165) is 36.8 Å². The van der Waals surface area contributed by atoms with Crippen molar-refractivity contribution in [2.24, 2.45) is 0 Å². The number of halogens is 1. The standard InChI is InChI=1S/C17H21ClN2S/c1-3-19-12(2)13-4-5-16(15(18)10-13)20-8-6-17-14(11-20)7-9-21-17/h4-5,7,9-10,12,19H,3,6,8,11H2,1-2H3. The van der Waals surface area contributed by atoms with E-state index in [1.165, 1.54) is 16.0 Å². The smallest absolute Gasteiger partial charge is 0.0643 e. The molecule has 0 radical (unpaired) electrons. The van der Waals surface area contributed by atoms with Gasteiger partial charge in [-0.05, 0) is 54.6 Å². The molecule has 21 heavy (non-hydrogen) atoms. The van der Waals surface area contributed by atoms with Gasteiger partial charge in [-0.15, -0.1) is 11.3 Å². The highest BCUT2D eigenvalue weighted by molar-refractivity contribution is 7.10. The molecule has 1 N–H and O–H groups in total. The molecule has 0 spiro atoms. The third kappa shape index (κ3) is 3.10. The minimum Gasteiger partial charge on any atom is -0.366 e. The predicted octanol–water partition coefficient (Wildman–Crippen LogP) is 4.63. The molecule has 0 saturated carbocycles. The number of hydrogen-bond acceptors (Lipinski definition) is 3. The molecular formula is C17H21ClN2S. The summed E-state index contributed by atoms with van der Waals surface area (Å²) in [6, 6.07) is 9.04. The van der Waals surface area contributed by atoms with Crippen LogP contribution in [0.2, 0.25) is 5.02 Å². The average molecular weight is 321 g/mol. The maximum atomic E-state index is 6.54. The molecule has 0 fully saturated rings. The van der Waals surface area contributed by atoms with Gasteiger partial charge in [0.1, 0.15) is 0 Å². The van der Waals surface area contributed by atoms with Gasteiger partial charge >= 0.3 is 0 Å². The van der Waals surface area contributed by atoms with Crippen LogP contribution in [0.5, 0.6) is 0 Å². The molecule has 1 aliphatic heterocycles. The van der Waals surface area contributed by atoms with Crippen molar-refractivity contribution in [1.82, 2.24) is 5.32 Å². The van der Waals surface area contributed by atoms with Crippen LogP contribution in [0.3, 0.4) is 0 Å². The van der Waals surface area contributed by atoms with E-state index < -0.39 is 0 Å². The summed E-state index contributed by atoms with van der Waals surface area (Å²) in [6.45, 7) is 7.29. The Hall–Kier alpha value is -1.03. The Morgan fingerprint density at radius 3 is 3.00 bits per heavy atom. The van der Waals surface area contributed by atoms with Crippen LogP contribution in [-0.4, -0.2) is 13.1 Å². The van der Waals surface area contributed by atoms with Crippen molar-refractivity contribution in [3.8, 4) is 0 Å². The summed E-state index contributed by atoms with van der Waals surface area (Å²) >= 11 is 8.41. The van der Waals surface area contributed by atoms with Crippen LogP contribution in [0.25, 0.3) is 0 Å². The van der Waals surface area contributed by atoms with E-state index in [1.54, 1.807) is 0 Å². The summed E-state index contributed by atoms with van der Waals surface area (Å²) in [5, 5.41) is 6.48. The number of nitrogens with zero attached hydrogens (tertiary/aromatic N) is 1. The van der Waals surface area contributed by atoms with Crippen molar-refractivity contribution >= 4 is 28.6 Å². The van der Waals surface area contributed by atoms with E-state index in [0.29, 0.717) is 6.04 Å². The SMILES string of the molecule is CCNC(C)c1ccc(N2CCc3sccc3C2)c(Cl)c1. The molecule has 1 aromatic carbocycles. The van der Waals surface area contributed by atoms with E-state index in [-0.39, 0.29) is 0 Å². The molecule has 4 heteroatoms. The zero-order valence-corrected chi connectivity index (χ0v) is 14.1.